The molecule has 7 nitrogen and oxygen atoms in total. The number of alkyl carbamates (subject to hydrolysis) is 1. The van der Waals surface area contributed by atoms with Crippen LogP contribution in [0, 0.1) is 6.92 Å². The lowest BCUT2D eigenvalue weighted by molar-refractivity contribution is 0.0477. The molecule has 2 aromatic rings. The van der Waals surface area contributed by atoms with Gasteiger partial charge in [-0.2, -0.15) is 0 Å². The van der Waals surface area contributed by atoms with Gasteiger partial charge in [0.15, 0.2) is 4.96 Å². The Kier molecular flexibility index (Phi) is 5.34. The summed E-state index contributed by atoms with van der Waals surface area (Å²) in [5.74, 6) is 0. The van der Waals surface area contributed by atoms with Crippen LogP contribution in [0.25, 0.3) is 4.96 Å². The first kappa shape index (κ1) is 18.8. The number of carbonyl (C=O) groups excluding carboxylic acids is 1. The summed E-state index contributed by atoms with van der Waals surface area (Å²) in [6.45, 7) is 9.84. The minimum atomic E-state index is -0.483. The zero-order chi connectivity index (χ0) is 18.9. The van der Waals surface area contributed by atoms with Crippen molar-refractivity contribution in [2.45, 2.75) is 58.7 Å². The summed E-state index contributed by atoms with van der Waals surface area (Å²) in [6, 6.07) is 1.75. The number of hydrogen-bond acceptors (Lipinski definition) is 6. The molecule has 26 heavy (non-hydrogen) atoms. The number of amides is 1. The third-order valence-corrected chi connectivity index (χ3v) is 5.27. The maximum Gasteiger partial charge on any atom is 0.407 e. The van der Waals surface area contributed by atoms with Crippen molar-refractivity contribution in [3.05, 3.63) is 33.2 Å². The van der Waals surface area contributed by atoms with Crippen LogP contribution in [0.2, 0.25) is 0 Å². The maximum absolute atomic E-state index is 12.3. The monoisotopic (exact) mass is 378 g/mol. The largest absolute Gasteiger partial charge is 0.444 e. The molecule has 3 rings (SSSR count). The van der Waals surface area contributed by atoms with Crippen LogP contribution in [0.1, 0.15) is 45.0 Å². The van der Waals surface area contributed by atoms with E-state index in [4.69, 9.17) is 4.74 Å². The van der Waals surface area contributed by atoms with Gasteiger partial charge in [0.1, 0.15) is 5.60 Å². The first-order chi connectivity index (χ1) is 12.2. The molecule has 142 valence electrons. The fourth-order valence-electron chi connectivity index (χ4n) is 3.12. The number of fused-ring (bicyclic) bond motifs is 1. The number of ether oxygens (including phenoxy) is 1. The molecule has 0 aromatic carbocycles. The normalized spacial score (nSPS) is 16.8. The Labute approximate surface area is 157 Å². The van der Waals surface area contributed by atoms with E-state index in [2.05, 4.69) is 15.2 Å². The van der Waals surface area contributed by atoms with E-state index in [1.165, 1.54) is 11.3 Å². The average molecular weight is 378 g/mol. The summed E-state index contributed by atoms with van der Waals surface area (Å²) in [7, 11) is 0. The van der Waals surface area contributed by atoms with Gasteiger partial charge in [-0.1, -0.05) is 0 Å². The lowest BCUT2D eigenvalue weighted by atomic mass is 10.1. The van der Waals surface area contributed by atoms with E-state index >= 15 is 0 Å². The summed E-state index contributed by atoms with van der Waals surface area (Å²) in [5.41, 5.74) is 1.22. The molecule has 1 N–H and O–H groups in total. The molecule has 1 fully saturated rings. The summed E-state index contributed by atoms with van der Waals surface area (Å²) in [4.78, 5) is 31.8. The molecule has 3 heterocycles. The highest BCUT2D eigenvalue weighted by molar-refractivity contribution is 7.15. The molecule has 0 radical (unpaired) electrons. The molecule has 1 aliphatic heterocycles. The molecular formula is C18H26N4O3S. The van der Waals surface area contributed by atoms with Gasteiger partial charge in [0.05, 0.1) is 5.69 Å². The number of nitrogens with one attached hydrogen (secondary N) is 1. The van der Waals surface area contributed by atoms with Crippen LogP contribution in [0.5, 0.6) is 0 Å². The second-order valence-corrected chi connectivity index (χ2v) is 8.61. The topological polar surface area (TPSA) is 75.9 Å². The second-order valence-electron chi connectivity index (χ2n) is 7.78. The fraction of sp³-hybridized carbons (Fsp3) is 0.611. The number of rotatable bonds is 3. The third-order valence-electron chi connectivity index (χ3n) is 4.32. The number of carbonyl (C=O) groups is 1. The number of hydrogen-bond donors (Lipinski definition) is 1. The molecule has 1 aliphatic rings. The Morgan fingerprint density at radius 1 is 1.38 bits per heavy atom. The lowest BCUT2D eigenvalue weighted by Crippen LogP contribution is -2.46. The molecule has 8 heteroatoms. The quantitative estimate of drug-likeness (QED) is 0.888. The zero-order valence-electron chi connectivity index (χ0n) is 15.7. The van der Waals surface area contributed by atoms with Crippen molar-refractivity contribution in [1.29, 1.82) is 0 Å². The predicted octanol–water partition coefficient (Wildman–Crippen LogP) is 2.55. The second kappa shape index (κ2) is 7.36. The third kappa shape index (κ3) is 4.62. The smallest absolute Gasteiger partial charge is 0.407 e. The van der Waals surface area contributed by atoms with Crippen molar-refractivity contribution in [3.8, 4) is 0 Å². The predicted molar refractivity (Wildman–Crippen MR) is 102 cm³/mol. The lowest BCUT2D eigenvalue weighted by Gasteiger charge is -2.32. The van der Waals surface area contributed by atoms with Gasteiger partial charge in [0.2, 0.25) is 0 Å². The number of likely N-dealkylation sites (tertiary alicyclic amines) is 1. The van der Waals surface area contributed by atoms with Gasteiger partial charge in [0.25, 0.3) is 5.56 Å². The Hall–Kier alpha value is -1.93. The van der Waals surface area contributed by atoms with Crippen molar-refractivity contribution in [1.82, 2.24) is 19.6 Å². The molecule has 0 spiro atoms. The fourth-order valence-corrected chi connectivity index (χ4v) is 4.01. The minimum absolute atomic E-state index is 0.0229. The highest BCUT2D eigenvalue weighted by atomic mass is 32.1. The highest BCUT2D eigenvalue weighted by Crippen LogP contribution is 2.16. The van der Waals surface area contributed by atoms with E-state index in [1.54, 1.807) is 10.5 Å². The molecule has 0 bridgehead atoms. The van der Waals surface area contributed by atoms with Gasteiger partial charge < -0.3 is 10.1 Å². The molecule has 0 aliphatic carbocycles. The summed E-state index contributed by atoms with van der Waals surface area (Å²) in [6.07, 6.45) is 1.36. The van der Waals surface area contributed by atoms with Gasteiger partial charge in [-0.15, -0.1) is 11.3 Å². The van der Waals surface area contributed by atoms with Gasteiger partial charge in [-0.25, -0.2) is 9.78 Å². The summed E-state index contributed by atoms with van der Waals surface area (Å²) < 4.78 is 6.95. The number of thiazole rings is 1. The number of aromatic nitrogens is 2. The first-order valence-corrected chi connectivity index (χ1v) is 9.78. The van der Waals surface area contributed by atoms with E-state index in [9.17, 15) is 9.59 Å². The number of aryl methyl sites for hydroxylation is 1. The molecule has 1 saturated heterocycles. The SMILES string of the molecule is Cc1csc2nc(CN3CCC(NC(=O)OC(C)(C)C)CC3)cc(=O)n12. The minimum Gasteiger partial charge on any atom is -0.444 e. The van der Waals surface area contributed by atoms with Crippen LogP contribution in [0.3, 0.4) is 0 Å². The summed E-state index contributed by atoms with van der Waals surface area (Å²) >= 11 is 1.49. The van der Waals surface area contributed by atoms with Crippen molar-refractivity contribution in [2.24, 2.45) is 0 Å². The van der Waals surface area contributed by atoms with Crippen LogP contribution in [0.4, 0.5) is 4.79 Å². The van der Waals surface area contributed by atoms with Gasteiger partial charge in [-0.05, 0) is 40.5 Å². The van der Waals surface area contributed by atoms with Crippen molar-refractivity contribution in [3.63, 3.8) is 0 Å². The van der Waals surface area contributed by atoms with Crippen LogP contribution in [-0.2, 0) is 11.3 Å². The molecular weight excluding hydrogens is 352 g/mol. The number of piperidine rings is 1. The molecule has 0 unspecified atom stereocenters. The molecule has 0 atom stereocenters. The highest BCUT2D eigenvalue weighted by Gasteiger charge is 2.24. The zero-order valence-corrected chi connectivity index (χ0v) is 16.6. The van der Waals surface area contributed by atoms with Crippen LogP contribution in [0.15, 0.2) is 16.2 Å². The van der Waals surface area contributed by atoms with Crippen LogP contribution < -0.4 is 10.9 Å². The van der Waals surface area contributed by atoms with Crippen molar-refractivity contribution in [2.75, 3.05) is 13.1 Å². The van der Waals surface area contributed by atoms with E-state index in [-0.39, 0.29) is 17.7 Å². The Balaban J connectivity index is 1.54. The van der Waals surface area contributed by atoms with E-state index < -0.39 is 5.60 Å². The van der Waals surface area contributed by atoms with Crippen molar-refractivity contribution < 1.29 is 9.53 Å². The molecule has 2 aromatic heterocycles. The van der Waals surface area contributed by atoms with Gasteiger partial charge in [-0.3, -0.25) is 14.1 Å². The van der Waals surface area contributed by atoms with E-state index in [1.807, 2.05) is 33.1 Å². The van der Waals surface area contributed by atoms with Crippen LogP contribution >= 0.6 is 11.3 Å². The van der Waals surface area contributed by atoms with Crippen LogP contribution in [-0.4, -0.2) is 45.1 Å². The van der Waals surface area contributed by atoms with E-state index in [0.717, 1.165) is 42.3 Å². The summed E-state index contributed by atoms with van der Waals surface area (Å²) in [5, 5.41) is 4.89. The average Bonchev–Trinajstić information content (AvgIpc) is 2.89. The Bertz CT molecular complexity index is 844. The molecule has 0 saturated carbocycles. The number of nitrogens with zero attached hydrogens (tertiary/aromatic N) is 3. The first-order valence-electron chi connectivity index (χ1n) is 8.90. The standard InChI is InChI=1S/C18H26N4O3S/c1-12-11-26-16-19-14(9-15(23)22(12)16)10-21-7-5-13(6-8-21)20-17(24)25-18(2,3)4/h9,11,13H,5-8,10H2,1-4H3,(H,20,24). The maximum atomic E-state index is 12.3. The van der Waals surface area contributed by atoms with Gasteiger partial charge >= 0.3 is 6.09 Å². The Morgan fingerprint density at radius 3 is 2.73 bits per heavy atom. The van der Waals surface area contributed by atoms with Crippen molar-refractivity contribution >= 4 is 22.4 Å². The molecule has 1 amide bonds. The van der Waals surface area contributed by atoms with Gasteiger partial charge in [0, 0.05) is 42.8 Å². The van der Waals surface area contributed by atoms with E-state index in [0.29, 0.717) is 6.54 Å². The Morgan fingerprint density at radius 2 is 2.08 bits per heavy atom.